The summed E-state index contributed by atoms with van der Waals surface area (Å²) >= 11 is 0. The lowest BCUT2D eigenvalue weighted by molar-refractivity contribution is -0.121. The van der Waals surface area contributed by atoms with E-state index in [0.29, 0.717) is 24.3 Å². The fourth-order valence-corrected chi connectivity index (χ4v) is 3.16. The molecule has 0 fully saturated rings. The number of carbonyl (C=O) groups is 2. The first-order valence-corrected chi connectivity index (χ1v) is 8.65. The van der Waals surface area contributed by atoms with Crippen molar-refractivity contribution in [3.8, 4) is 5.75 Å². The van der Waals surface area contributed by atoms with Crippen molar-refractivity contribution < 1.29 is 19.4 Å². The van der Waals surface area contributed by atoms with E-state index in [-0.39, 0.29) is 18.4 Å². The largest absolute Gasteiger partial charge is 0.493 e. The van der Waals surface area contributed by atoms with Crippen molar-refractivity contribution in [3.63, 3.8) is 0 Å². The van der Waals surface area contributed by atoms with E-state index in [1.807, 2.05) is 31.2 Å². The van der Waals surface area contributed by atoms with Gasteiger partial charge in [0.15, 0.2) is 0 Å². The molecule has 26 heavy (non-hydrogen) atoms. The van der Waals surface area contributed by atoms with Gasteiger partial charge in [0.05, 0.1) is 30.9 Å². The van der Waals surface area contributed by atoms with Crippen molar-refractivity contribution in [2.24, 2.45) is 0 Å². The van der Waals surface area contributed by atoms with Gasteiger partial charge in [0.25, 0.3) is 5.91 Å². The molecule has 0 bridgehead atoms. The van der Waals surface area contributed by atoms with Crippen LogP contribution in [0.3, 0.4) is 0 Å². The van der Waals surface area contributed by atoms with Crippen molar-refractivity contribution in [3.05, 3.63) is 65.2 Å². The molecule has 2 aromatic carbocycles. The molecule has 0 saturated heterocycles. The SMILES string of the molecule is CCOc1ccccc1C(=O)NCC(=O)NC1c2ccccc2CC1O. The van der Waals surface area contributed by atoms with E-state index in [9.17, 15) is 14.7 Å². The standard InChI is InChI=1S/C20H22N2O4/c1-2-26-17-10-6-5-9-15(17)20(25)21-12-18(24)22-19-14-8-4-3-7-13(14)11-16(19)23/h3-10,16,19,23H,2,11-12H2,1H3,(H,21,25)(H,22,24). The topological polar surface area (TPSA) is 87.7 Å². The summed E-state index contributed by atoms with van der Waals surface area (Å²) in [6.45, 7) is 2.11. The minimum Gasteiger partial charge on any atom is -0.493 e. The molecule has 2 amide bonds. The number of benzene rings is 2. The fourth-order valence-electron chi connectivity index (χ4n) is 3.16. The molecule has 0 aliphatic heterocycles. The first kappa shape index (κ1) is 17.9. The maximum Gasteiger partial charge on any atom is 0.255 e. The second kappa shape index (κ2) is 8.01. The quantitative estimate of drug-likeness (QED) is 0.735. The number of aliphatic hydroxyl groups is 1. The number of ether oxygens (including phenoxy) is 1. The molecule has 0 aromatic heterocycles. The van der Waals surface area contributed by atoms with Crippen LogP contribution < -0.4 is 15.4 Å². The molecular formula is C20H22N2O4. The summed E-state index contributed by atoms with van der Waals surface area (Å²) < 4.78 is 5.43. The molecule has 0 radical (unpaired) electrons. The van der Waals surface area contributed by atoms with Crippen molar-refractivity contribution in [2.45, 2.75) is 25.5 Å². The van der Waals surface area contributed by atoms with E-state index < -0.39 is 12.1 Å². The molecule has 2 unspecified atom stereocenters. The Morgan fingerprint density at radius 1 is 1.15 bits per heavy atom. The van der Waals surface area contributed by atoms with Gasteiger partial charge in [-0.1, -0.05) is 36.4 Å². The minimum atomic E-state index is -0.661. The van der Waals surface area contributed by atoms with E-state index in [1.54, 1.807) is 24.3 Å². The molecule has 2 atom stereocenters. The number of fused-ring (bicyclic) bond motifs is 1. The van der Waals surface area contributed by atoms with Crippen LogP contribution in [0.2, 0.25) is 0 Å². The summed E-state index contributed by atoms with van der Waals surface area (Å²) in [5.74, 6) is -0.252. The molecule has 3 rings (SSSR count). The number of nitrogens with one attached hydrogen (secondary N) is 2. The summed E-state index contributed by atoms with van der Waals surface area (Å²) in [5, 5.41) is 15.6. The van der Waals surface area contributed by atoms with Crippen LogP contribution >= 0.6 is 0 Å². The molecule has 0 spiro atoms. The highest BCUT2D eigenvalue weighted by atomic mass is 16.5. The molecule has 0 heterocycles. The van der Waals surface area contributed by atoms with Crippen LogP contribution in [0.1, 0.15) is 34.5 Å². The van der Waals surface area contributed by atoms with Crippen LogP contribution in [0.5, 0.6) is 5.75 Å². The van der Waals surface area contributed by atoms with Crippen molar-refractivity contribution in [2.75, 3.05) is 13.2 Å². The first-order valence-electron chi connectivity index (χ1n) is 8.65. The van der Waals surface area contributed by atoms with Gasteiger partial charge in [-0.2, -0.15) is 0 Å². The number of hydrogen-bond donors (Lipinski definition) is 3. The van der Waals surface area contributed by atoms with Gasteiger partial charge in [-0.3, -0.25) is 9.59 Å². The maximum absolute atomic E-state index is 12.3. The number of para-hydroxylation sites is 1. The van der Waals surface area contributed by atoms with Crippen molar-refractivity contribution in [1.82, 2.24) is 10.6 Å². The van der Waals surface area contributed by atoms with E-state index in [4.69, 9.17) is 4.74 Å². The van der Waals surface area contributed by atoms with Crippen LogP contribution in [0, 0.1) is 0 Å². The van der Waals surface area contributed by atoms with E-state index >= 15 is 0 Å². The minimum absolute atomic E-state index is 0.176. The van der Waals surface area contributed by atoms with Gasteiger partial charge in [-0.25, -0.2) is 0 Å². The van der Waals surface area contributed by atoms with Gasteiger partial charge in [0.2, 0.25) is 5.91 Å². The molecule has 2 aromatic rings. The van der Waals surface area contributed by atoms with Gasteiger partial charge >= 0.3 is 0 Å². The third-order valence-electron chi connectivity index (χ3n) is 4.36. The average Bonchev–Trinajstić information content (AvgIpc) is 2.96. The Balaban J connectivity index is 1.59. The Morgan fingerprint density at radius 3 is 2.69 bits per heavy atom. The third kappa shape index (κ3) is 3.86. The number of carbonyl (C=O) groups excluding carboxylic acids is 2. The van der Waals surface area contributed by atoms with Gasteiger partial charge in [0.1, 0.15) is 5.75 Å². The van der Waals surface area contributed by atoms with Gasteiger partial charge < -0.3 is 20.5 Å². The number of amides is 2. The van der Waals surface area contributed by atoms with Crippen LogP contribution in [0.15, 0.2) is 48.5 Å². The molecule has 1 aliphatic carbocycles. The Bertz CT molecular complexity index is 806. The zero-order chi connectivity index (χ0) is 18.5. The second-order valence-electron chi connectivity index (χ2n) is 6.13. The van der Waals surface area contributed by atoms with Crippen LogP contribution in [-0.4, -0.2) is 36.2 Å². The highest BCUT2D eigenvalue weighted by molar-refractivity contribution is 5.98. The van der Waals surface area contributed by atoms with Crippen molar-refractivity contribution in [1.29, 1.82) is 0 Å². The summed E-state index contributed by atoms with van der Waals surface area (Å²) in [4.78, 5) is 24.6. The van der Waals surface area contributed by atoms with Gasteiger partial charge in [-0.15, -0.1) is 0 Å². The van der Waals surface area contributed by atoms with Gasteiger partial charge in [-0.05, 0) is 30.2 Å². The highest BCUT2D eigenvalue weighted by Crippen LogP contribution is 2.31. The number of hydrogen-bond acceptors (Lipinski definition) is 4. The third-order valence-corrected chi connectivity index (χ3v) is 4.36. The highest BCUT2D eigenvalue weighted by Gasteiger charge is 2.31. The van der Waals surface area contributed by atoms with Crippen LogP contribution in [0.25, 0.3) is 0 Å². The monoisotopic (exact) mass is 354 g/mol. The lowest BCUT2D eigenvalue weighted by atomic mass is 10.1. The summed E-state index contributed by atoms with van der Waals surface area (Å²) in [5.41, 5.74) is 2.33. The second-order valence-corrected chi connectivity index (χ2v) is 6.13. The lowest BCUT2D eigenvalue weighted by Gasteiger charge is -2.18. The molecule has 6 heteroatoms. The first-order chi connectivity index (χ1) is 12.6. The van der Waals surface area contributed by atoms with Crippen LogP contribution in [-0.2, 0) is 11.2 Å². The summed E-state index contributed by atoms with van der Waals surface area (Å²) in [6, 6.07) is 14.1. The Hall–Kier alpha value is -2.86. The zero-order valence-corrected chi connectivity index (χ0v) is 14.6. The van der Waals surface area contributed by atoms with Crippen molar-refractivity contribution >= 4 is 11.8 Å². The molecule has 0 saturated carbocycles. The average molecular weight is 354 g/mol. The Morgan fingerprint density at radius 2 is 1.88 bits per heavy atom. The van der Waals surface area contributed by atoms with E-state index in [1.165, 1.54) is 0 Å². The van der Waals surface area contributed by atoms with E-state index in [0.717, 1.165) is 11.1 Å². The summed E-state index contributed by atoms with van der Waals surface area (Å²) in [6.07, 6.45) is -0.152. The predicted octanol–water partition coefficient (Wildman–Crippen LogP) is 1.59. The van der Waals surface area contributed by atoms with Crippen LogP contribution in [0.4, 0.5) is 0 Å². The smallest absolute Gasteiger partial charge is 0.255 e. The molecule has 136 valence electrons. The normalized spacial score (nSPS) is 18.1. The molecule has 3 N–H and O–H groups in total. The maximum atomic E-state index is 12.3. The zero-order valence-electron chi connectivity index (χ0n) is 14.6. The predicted molar refractivity (Wildman–Crippen MR) is 97.0 cm³/mol. The molecule has 6 nitrogen and oxygen atoms in total. The Kier molecular flexibility index (Phi) is 5.53. The Labute approximate surface area is 152 Å². The number of aliphatic hydroxyl groups excluding tert-OH is 1. The molecular weight excluding hydrogens is 332 g/mol. The van der Waals surface area contributed by atoms with Gasteiger partial charge in [0, 0.05) is 6.42 Å². The van der Waals surface area contributed by atoms with E-state index in [2.05, 4.69) is 10.6 Å². The number of rotatable bonds is 6. The lowest BCUT2D eigenvalue weighted by Crippen LogP contribution is -2.41. The fraction of sp³-hybridized carbons (Fsp3) is 0.300. The molecule has 1 aliphatic rings. The summed E-state index contributed by atoms with van der Waals surface area (Å²) in [7, 11) is 0.